The first kappa shape index (κ1) is 22.0. The zero-order chi connectivity index (χ0) is 21.8. The van der Waals surface area contributed by atoms with E-state index in [9.17, 15) is 31.1 Å². The number of carbonyl (C=O) groups is 1. The minimum absolute atomic E-state index is 0.131. The number of hydrogen-bond acceptors (Lipinski definition) is 2. The lowest BCUT2D eigenvalue weighted by Crippen LogP contribution is -2.16. The van der Waals surface area contributed by atoms with E-state index in [-0.39, 0.29) is 22.4 Å². The highest BCUT2D eigenvalue weighted by molar-refractivity contribution is 5.99. The van der Waals surface area contributed by atoms with Crippen molar-refractivity contribution in [1.29, 1.82) is 0 Å². The number of alkyl halides is 6. The summed E-state index contributed by atoms with van der Waals surface area (Å²) in [4.78, 5) is 10.9. The van der Waals surface area contributed by atoms with E-state index in [4.69, 9.17) is 0 Å². The van der Waals surface area contributed by atoms with Crippen molar-refractivity contribution in [3.8, 4) is 11.8 Å². The highest BCUT2D eigenvalue weighted by Crippen LogP contribution is 2.33. The maximum absolute atomic E-state index is 13.4. The van der Waals surface area contributed by atoms with Crippen molar-refractivity contribution in [2.75, 3.05) is 0 Å². The number of amides is 1. The summed E-state index contributed by atoms with van der Waals surface area (Å²) in [5.74, 6) is 4.31. The van der Waals surface area contributed by atoms with Gasteiger partial charge in [0.1, 0.15) is 0 Å². The van der Waals surface area contributed by atoms with Crippen molar-refractivity contribution >= 4 is 11.6 Å². The molecule has 0 saturated heterocycles. The van der Waals surface area contributed by atoms with Gasteiger partial charge in [0.05, 0.1) is 16.8 Å². The van der Waals surface area contributed by atoms with Gasteiger partial charge in [-0.25, -0.2) is 5.43 Å². The zero-order valence-corrected chi connectivity index (χ0v) is 15.2. The van der Waals surface area contributed by atoms with Crippen molar-refractivity contribution in [3.63, 3.8) is 0 Å². The number of hydrazone groups is 1. The molecule has 1 amide bonds. The Bertz CT molecular complexity index is 993. The van der Waals surface area contributed by atoms with Crippen LogP contribution in [-0.2, 0) is 17.1 Å². The monoisotopic (exact) mass is 412 g/mol. The Hall–Kier alpha value is -3.28. The number of halogens is 6. The molecule has 0 aliphatic rings. The SMILES string of the molecule is CC(=O)N/N=C(\C)c1ccc(C#Cc2ccc(C(F)(F)F)cc2)c(C(F)(F)F)c1. The Morgan fingerprint density at radius 3 is 2.03 bits per heavy atom. The number of carbonyl (C=O) groups excluding carboxylic acids is 1. The molecule has 2 aromatic carbocycles. The standard InChI is InChI=1S/C20H14F6N2O/c1-12(27-28-13(2)29)16-8-7-15(18(11-16)20(24,25)26)6-3-14-4-9-17(10-5-14)19(21,22)23/h4-5,7-11H,1-2H3,(H,28,29)/b27-12+. The second-order valence-corrected chi connectivity index (χ2v) is 5.95. The Labute approximate surface area is 162 Å². The predicted molar refractivity (Wildman–Crippen MR) is 94.9 cm³/mol. The molecule has 0 fully saturated rings. The van der Waals surface area contributed by atoms with Gasteiger partial charge in [-0.1, -0.05) is 17.9 Å². The number of benzene rings is 2. The lowest BCUT2D eigenvalue weighted by atomic mass is 10.0. The summed E-state index contributed by atoms with van der Waals surface area (Å²) in [6.07, 6.45) is -9.23. The third-order valence-corrected chi connectivity index (χ3v) is 3.68. The van der Waals surface area contributed by atoms with Gasteiger partial charge in [0, 0.05) is 18.1 Å². The van der Waals surface area contributed by atoms with Crippen LogP contribution >= 0.6 is 0 Å². The summed E-state index contributed by atoms with van der Waals surface area (Å²) in [6, 6.07) is 7.12. The Morgan fingerprint density at radius 1 is 0.897 bits per heavy atom. The highest BCUT2D eigenvalue weighted by Gasteiger charge is 2.33. The molecule has 0 heterocycles. The molecule has 0 saturated carbocycles. The quantitative estimate of drug-likeness (QED) is 0.321. The van der Waals surface area contributed by atoms with Crippen molar-refractivity contribution in [2.24, 2.45) is 5.10 Å². The average Bonchev–Trinajstić information content (AvgIpc) is 2.63. The maximum atomic E-state index is 13.4. The molecule has 9 heteroatoms. The first-order chi connectivity index (χ1) is 13.4. The van der Waals surface area contributed by atoms with E-state index in [0.717, 1.165) is 36.4 Å². The maximum Gasteiger partial charge on any atom is 0.417 e. The Balaban J connectivity index is 2.40. The van der Waals surface area contributed by atoms with Crippen LogP contribution in [0.25, 0.3) is 0 Å². The van der Waals surface area contributed by atoms with Crippen LogP contribution in [0.4, 0.5) is 26.3 Å². The fourth-order valence-corrected chi connectivity index (χ4v) is 2.22. The van der Waals surface area contributed by atoms with Gasteiger partial charge in [0.25, 0.3) is 0 Å². The van der Waals surface area contributed by atoms with Crippen molar-refractivity contribution in [2.45, 2.75) is 26.2 Å². The molecular formula is C20H14F6N2O. The Morgan fingerprint density at radius 2 is 1.52 bits per heavy atom. The van der Waals surface area contributed by atoms with E-state index in [0.29, 0.717) is 0 Å². The fraction of sp³-hybridized carbons (Fsp3) is 0.200. The number of nitrogens with zero attached hydrogens (tertiary/aromatic N) is 1. The molecule has 152 valence electrons. The summed E-state index contributed by atoms with van der Waals surface area (Å²) >= 11 is 0. The molecular weight excluding hydrogens is 398 g/mol. The molecule has 0 aliphatic heterocycles. The number of hydrogen-bond donors (Lipinski definition) is 1. The van der Waals surface area contributed by atoms with Crippen LogP contribution in [0, 0.1) is 11.8 Å². The summed E-state index contributed by atoms with van der Waals surface area (Å²) in [5, 5.41) is 3.69. The van der Waals surface area contributed by atoms with Gasteiger partial charge in [0.15, 0.2) is 0 Å². The van der Waals surface area contributed by atoms with Gasteiger partial charge in [-0.2, -0.15) is 31.4 Å². The molecule has 0 aromatic heterocycles. The second-order valence-electron chi connectivity index (χ2n) is 5.95. The van der Waals surface area contributed by atoms with Crippen LogP contribution in [0.15, 0.2) is 47.6 Å². The van der Waals surface area contributed by atoms with E-state index in [2.05, 4.69) is 22.4 Å². The van der Waals surface area contributed by atoms with Crippen LogP contribution in [0.3, 0.4) is 0 Å². The number of nitrogens with one attached hydrogen (secondary N) is 1. The van der Waals surface area contributed by atoms with Gasteiger partial charge in [0.2, 0.25) is 5.91 Å². The van der Waals surface area contributed by atoms with Crippen LogP contribution in [0.1, 0.15) is 41.7 Å². The van der Waals surface area contributed by atoms with Crippen molar-refractivity contribution < 1.29 is 31.1 Å². The Kier molecular flexibility index (Phi) is 6.37. The first-order valence-corrected chi connectivity index (χ1v) is 8.09. The highest BCUT2D eigenvalue weighted by atomic mass is 19.4. The van der Waals surface area contributed by atoms with E-state index < -0.39 is 29.4 Å². The second kappa shape index (κ2) is 8.39. The molecule has 0 spiro atoms. The summed E-state index contributed by atoms with van der Waals surface area (Å²) < 4.78 is 77.9. The topological polar surface area (TPSA) is 41.5 Å². The van der Waals surface area contributed by atoms with Gasteiger partial charge in [-0.05, 0) is 48.9 Å². The van der Waals surface area contributed by atoms with Crippen LogP contribution in [-0.4, -0.2) is 11.6 Å². The van der Waals surface area contributed by atoms with Crippen molar-refractivity contribution in [1.82, 2.24) is 5.43 Å². The molecule has 0 radical (unpaired) electrons. The minimum atomic E-state index is -4.71. The molecule has 29 heavy (non-hydrogen) atoms. The third-order valence-electron chi connectivity index (χ3n) is 3.68. The molecule has 0 aliphatic carbocycles. The third kappa shape index (κ3) is 6.10. The van der Waals surface area contributed by atoms with Gasteiger partial charge >= 0.3 is 12.4 Å². The van der Waals surface area contributed by atoms with E-state index >= 15 is 0 Å². The van der Waals surface area contributed by atoms with E-state index in [1.54, 1.807) is 0 Å². The zero-order valence-electron chi connectivity index (χ0n) is 15.2. The minimum Gasteiger partial charge on any atom is -0.274 e. The van der Waals surface area contributed by atoms with Crippen LogP contribution in [0.5, 0.6) is 0 Å². The van der Waals surface area contributed by atoms with Crippen LogP contribution in [0.2, 0.25) is 0 Å². The predicted octanol–water partition coefficient (Wildman–Crippen LogP) is 4.98. The largest absolute Gasteiger partial charge is 0.417 e. The van der Waals surface area contributed by atoms with Gasteiger partial charge in [-0.15, -0.1) is 0 Å². The molecule has 2 aromatic rings. The summed E-state index contributed by atoms with van der Waals surface area (Å²) in [6.45, 7) is 2.64. The molecule has 0 unspecified atom stereocenters. The normalized spacial score (nSPS) is 12.2. The molecule has 0 atom stereocenters. The lowest BCUT2D eigenvalue weighted by molar-refractivity contribution is -0.138. The van der Waals surface area contributed by atoms with Crippen LogP contribution < -0.4 is 5.43 Å². The smallest absolute Gasteiger partial charge is 0.274 e. The van der Waals surface area contributed by atoms with E-state index in [1.165, 1.54) is 19.9 Å². The summed E-state index contributed by atoms with van der Waals surface area (Å²) in [7, 11) is 0. The molecule has 3 nitrogen and oxygen atoms in total. The van der Waals surface area contributed by atoms with E-state index in [1.807, 2.05) is 0 Å². The van der Waals surface area contributed by atoms with Gasteiger partial charge in [-0.3, -0.25) is 4.79 Å². The fourth-order valence-electron chi connectivity index (χ4n) is 2.22. The van der Waals surface area contributed by atoms with Crippen molar-refractivity contribution in [3.05, 3.63) is 70.3 Å². The van der Waals surface area contributed by atoms with Gasteiger partial charge < -0.3 is 0 Å². The average molecular weight is 412 g/mol. The molecule has 0 bridgehead atoms. The molecule has 2 rings (SSSR count). The molecule has 1 N–H and O–H groups in total. The number of rotatable bonds is 2. The lowest BCUT2D eigenvalue weighted by Gasteiger charge is -2.11. The first-order valence-electron chi connectivity index (χ1n) is 8.09. The summed E-state index contributed by atoms with van der Waals surface area (Å²) in [5.41, 5.74) is 0.328.